The van der Waals surface area contributed by atoms with Gasteiger partial charge >= 0.3 is 0 Å². The Kier molecular flexibility index (Phi) is 14.3. The second-order valence-corrected chi connectivity index (χ2v) is 15.7. The Morgan fingerprint density at radius 1 is 0.375 bits per heavy atom. The lowest BCUT2D eigenvalue weighted by Gasteiger charge is -2.44. The lowest BCUT2D eigenvalue weighted by atomic mass is 9.12. The average Bonchev–Trinajstić information content (AvgIpc) is 3.37. The smallest absolute Gasteiger partial charge is 0.227 e. The Balaban J connectivity index is 0.000000238. The Morgan fingerprint density at radius 2 is 0.694 bits per heavy atom. The van der Waals surface area contributed by atoms with Crippen molar-refractivity contribution in [2.24, 2.45) is 0 Å². The maximum Gasteiger partial charge on any atom is 0.227 e. The molecular formula is C49H22BF20NO. The molecule has 372 valence electrons. The minimum absolute atomic E-state index is 0.127. The van der Waals surface area contributed by atoms with E-state index in [1.807, 2.05) is 42.5 Å². The summed E-state index contributed by atoms with van der Waals surface area (Å²) in [5, 5.41) is 1.14. The second-order valence-electron chi connectivity index (χ2n) is 15.7. The largest absolute Gasteiger partial charge is 0.287 e. The van der Waals surface area contributed by atoms with Gasteiger partial charge in [0.05, 0.1) is 6.42 Å². The first kappa shape index (κ1) is 52.1. The zero-order chi connectivity index (χ0) is 53.0. The van der Waals surface area contributed by atoms with Gasteiger partial charge in [0.1, 0.15) is 52.7 Å². The van der Waals surface area contributed by atoms with Crippen LogP contribution in [0.5, 0.6) is 0 Å². The molecule has 0 unspecified atom stereocenters. The number of fused-ring (bicyclic) bond motifs is 1. The monoisotopic (exact) mass is 1030 g/mol. The van der Waals surface area contributed by atoms with Gasteiger partial charge in [0.15, 0.2) is 75.5 Å². The number of pyridine rings is 1. The molecule has 0 saturated carbocycles. The van der Waals surface area contributed by atoms with E-state index in [0.717, 1.165) is 28.6 Å². The van der Waals surface area contributed by atoms with E-state index in [2.05, 4.69) is 60.0 Å². The van der Waals surface area contributed by atoms with Crippen LogP contribution in [0.15, 0.2) is 91.0 Å². The third-order valence-corrected chi connectivity index (χ3v) is 11.6. The summed E-state index contributed by atoms with van der Waals surface area (Å²) in [5.74, 6) is -71.3. The number of hydrogen-bond donors (Lipinski definition) is 0. The summed E-state index contributed by atoms with van der Waals surface area (Å²) < 4.78 is 296. The van der Waals surface area contributed by atoms with Crippen LogP contribution in [0.3, 0.4) is 0 Å². The summed E-state index contributed by atoms with van der Waals surface area (Å²) in [5.41, 5.74) is -8.85. The van der Waals surface area contributed by atoms with Crippen LogP contribution in [0.2, 0.25) is 0 Å². The maximum atomic E-state index is 15.4. The number of rotatable bonds is 9. The van der Waals surface area contributed by atoms with Crippen LogP contribution < -0.4 is 26.4 Å². The molecule has 1 aromatic heterocycles. The number of benzene rings is 7. The maximum absolute atomic E-state index is 15.4. The van der Waals surface area contributed by atoms with Crippen molar-refractivity contribution in [3.05, 3.63) is 230 Å². The molecule has 8 rings (SSSR count). The van der Waals surface area contributed by atoms with Gasteiger partial charge in [-0.3, -0.25) is 4.79 Å². The molecule has 0 spiro atoms. The summed E-state index contributed by atoms with van der Waals surface area (Å²) in [6, 6.07) is 30.6. The number of carbonyl (C=O) groups excluding carboxylic acids is 1. The summed E-state index contributed by atoms with van der Waals surface area (Å²) >= 11 is 0. The number of nitrogens with zero attached hydrogens (tertiary/aromatic N) is 1. The van der Waals surface area contributed by atoms with E-state index in [-0.39, 0.29) is 5.78 Å². The first-order valence-electron chi connectivity index (χ1n) is 20.2. The van der Waals surface area contributed by atoms with Crippen molar-refractivity contribution in [2.45, 2.75) is 19.9 Å². The van der Waals surface area contributed by atoms with Crippen molar-refractivity contribution in [3.8, 4) is 0 Å². The minimum Gasteiger partial charge on any atom is -0.287 e. The molecule has 0 saturated heterocycles. The second kappa shape index (κ2) is 19.8. The fraction of sp³-hybridized carbons (Fsp3) is 0.0612. The Morgan fingerprint density at radius 3 is 1.06 bits per heavy atom. The molecule has 2 nitrogen and oxygen atoms in total. The minimum atomic E-state index is -7.22. The van der Waals surface area contributed by atoms with Crippen molar-refractivity contribution in [1.82, 2.24) is 0 Å². The first-order chi connectivity index (χ1) is 33.9. The normalized spacial score (nSPS) is 11.6. The fourth-order valence-electron chi connectivity index (χ4n) is 8.29. The molecular weight excluding hydrogens is 1010 g/mol. The standard InChI is InChI=1S/C25H22NO.C24BF20/c1-19-11-13-20(14-12-19)17-23-16-15-21-7-5-6-10-24(21)26(23)18-25(27)22-8-3-2-4-9-22;26-5-1(6(27)14(35)21(42)13(5)34)25(2-7(28)15(36)22(43)16(37)8(2)29,3-9(30)17(38)23(44)18(39)10(3)31)4-11(32)19(40)24(45)20(41)12(4)33/h2-16H,17-18H2,1H3;/q+1;-1. The molecule has 0 aliphatic carbocycles. The molecule has 0 aliphatic heterocycles. The van der Waals surface area contributed by atoms with Crippen molar-refractivity contribution in [1.29, 1.82) is 0 Å². The third-order valence-electron chi connectivity index (χ3n) is 11.6. The topological polar surface area (TPSA) is 20.9 Å². The van der Waals surface area contributed by atoms with E-state index in [1.165, 1.54) is 11.1 Å². The van der Waals surface area contributed by atoms with Gasteiger partial charge in [-0.15, -0.1) is 21.9 Å². The highest BCUT2D eigenvalue weighted by atomic mass is 19.2. The van der Waals surface area contributed by atoms with Gasteiger partial charge in [-0.05, 0) is 24.6 Å². The SMILES string of the molecule is Cc1ccc(Cc2ccc3ccccc3[n+]2CC(=O)c2ccccc2)cc1.Fc1c(F)c(F)c([B-](c2c(F)c(F)c(F)c(F)c2F)(c2c(F)c(F)c(F)c(F)c2F)c2c(F)c(F)c(F)c(F)c2F)c(F)c1F. The molecule has 72 heavy (non-hydrogen) atoms. The summed E-state index contributed by atoms with van der Waals surface area (Å²) in [6.45, 7) is 2.44. The van der Waals surface area contributed by atoms with E-state index in [0.29, 0.717) is 6.54 Å². The first-order valence-corrected chi connectivity index (χ1v) is 20.2. The number of halogens is 20. The summed E-state index contributed by atoms with van der Waals surface area (Å²) in [4.78, 5) is 12.9. The highest BCUT2D eigenvalue weighted by molar-refractivity contribution is 7.20. The molecule has 0 bridgehead atoms. The predicted octanol–water partition coefficient (Wildman–Crippen LogP) is 10.8. The Bertz CT molecular complexity index is 3120. The third kappa shape index (κ3) is 8.46. The van der Waals surface area contributed by atoms with E-state index in [1.54, 1.807) is 0 Å². The molecule has 7 aromatic carbocycles. The lowest BCUT2D eigenvalue weighted by molar-refractivity contribution is -0.664. The molecule has 8 aromatic rings. The van der Waals surface area contributed by atoms with Gasteiger partial charge in [-0.1, -0.05) is 72.3 Å². The molecule has 0 N–H and O–H groups in total. The molecule has 0 radical (unpaired) electrons. The number of ketones is 1. The zero-order valence-corrected chi connectivity index (χ0v) is 35.6. The van der Waals surface area contributed by atoms with Gasteiger partial charge in [-0.25, -0.2) is 87.8 Å². The summed E-state index contributed by atoms with van der Waals surface area (Å²) in [6.07, 6.45) is -6.42. The number of carbonyl (C=O) groups is 1. The average molecular weight is 1030 g/mol. The Hall–Kier alpha value is -7.72. The van der Waals surface area contributed by atoms with Gasteiger partial charge in [0.25, 0.3) is 0 Å². The van der Waals surface area contributed by atoms with Crippen LogP contribution in [-0.4, -0.2) is 11.9 Å². The molecule has 1 heterocycles. The lowest BCUT2D eigenvalue weighted by Crippen LogP contribution is -2.81. The van der Waals surface area contributed by atoms with Gasteiger partial charge in [-0.2, -0.15) is 4.57 Å². The van der Waals surface area contributed by atoms with E-state index >= 15 is 35.1 Å². The van der Waals surface area contributed by atoms with Gasteiger partial charge in [0, 0.05) is 23.1 Å². The number of Topliss-reactive ketones (excluding diaryl/α,β-unsaturated/α-hetero) is 1. The van der Waals surface area contributed by atoms with Crippen LogP contribution in [0.25, 0.3) is 10.9 Å². The van der Waals surface area contributed by atoms with Crippen LogP contribution in [0.1, 0.15) is 27.2 Å². The van der Waals surface area contributed by atoms with Crippen molar-refractivity contribution >= 4 is 44.7 Å². The van der Waals surface area contributed by atoms with Crippen molar-refractivity contribution in [3.63, 3.8) is 0 Å². The fourth-order valence-corrected chi connectivity index (χ4v) is 8.29. The number of aromatic nitrogens is 1. The van der Waals surface area contributed by atoms with E-state index < -0.39 is 144 Å². The molecule has 0 atom stereocenters. The van der Waals surface area contributed by atoms with E-state index in [9.17, 15) is 57.5 Å². The van der Waals surface area contributed by atoms with E-state index in [4.69, 9.17) is 0 Å². The summed E-state index contributed by atoms with van der Waals surface area (Å²) in [7, 11) is 0. The van der Waals surface area contributed by atoms with Gasteiger partial charge < -0.3 is 0 Å². The zero-order valence-electron chi connectivity index (χ0n) is 35.6. The highest BCUT2D eigenvalue weighted by Crippen LogP contribution is 2.31. The van der Waals surface area contributed by atoms with Crippen molar-refractivity contribution in [2.75, 3.05) is 0 Å². The number of aryl methyl sites for hydroxylation is 1. The van der Waals surface area contributed by atoms with Crippen molar-refractivity contribution < 1.29 is 97.2 Å². The van der Waals surface area contributed by atoms with Crippen LogP contribution in [0.4, 0.5) is 87.8 Å². The Labute approximate surface area is 390 Å². The molecule has 0 amide bonds. The molecule has 23 heteroatoms. The van der Waals surface area contributed by atoms with Crippen LogP contribution in [0, 0.1) is 123 Å². The molecule has 0 aliphatic rings. The van der Waals surface area contributed by atoms with Gasteiger partial charge in [0.2, 0.25) is 17.8 Å². The molecule has 0 fully saturated rings. The predicted molar refractivity (Wildman–Crippen MR) is 218 cm³/mol. The van der Waals surface area contributed by atoms with Crippen LogP contribution >= 0.6 is 0 Å². The quantitative estimate of drug-likeness (QED) is 0.0352. The highest BCUT2D eigenvalue weighted by Gasteiger charge is 2.52. The van der Waals surface area contributed by atoms with Crippen LogP contribution in [-0.2, 0) is 13.0 Å². The number of hydrogen-bond acceptors (Lipinski definition) is 1. The number of para-hydroxylation sites is 1.